The molecule has 1 aliphatic heterocycles. The molecule has 5 heteroatoms. The highest BCUT2D eigenvalue weighted by Gasteiger charge is 2.26. The smallest absolute Gasteiger partial charge is 0.223 e. The van der Waals surface area contributed by atoms with E-state index in [1.54, 1.807) is 0 Å². The van der Waals surface area contributed by atoms with E-state index in [2.05, 4.69) is 10.6 Å². The second kappa shape index (κ2) is 7.22. The van der Waals surface area contributed by atoms with Gasteiger partial charge in [0, 0.05) is 24.9 Å². The van der Waals surface area contributed by atoms with Crippen molar-refractivity contribution in [2.75, 3.05) is 6.54 Å². The molecule has 2 amide bonds. The third-order valence-corrected chi connectivity index (χ3v) is 3.77. The number of aliphatic hydroxyl groups is 1. The lowest BCUT2D eigenvalue weighted by molar-refractivity contribution is -0.132. The molecule has 1 aromatic rings. The van der Waals surface area contributed by atoms with Crippen LogP contribution in [0.3, 0.4) is 0 Å². The van der Waals surface area contributed by atoms with Crippen LogP contribution in [0.5, 0.6) is 0 Å². The number of carbonyl (C=O) groups excluding carboxylic acids is 2. The van der Waals surface area contributed by atoms with Crippen LogP contribution in [0.2, 0.25) is 0 Å². The Bertz CT molecular complexity index is 490. The van der Waals surface area contributed by atoms with Gasteiger partial charge in [-0.25, -0.2) is 0 Å². The molecule has 3 atom stereocenters. The van der Waals surface area contributed by atoms with Crippen LogP contribution in [0.25, 0.3) is 0 Å². The zero-order valence-corrected chi connectivity index (χ0v) is 12.2. The second-order valence-corrected chi connectivity index (χ2v) is 5.61. The zero-order valence-electron chi connectivity index (χ0n) is 12.2. The fourth-order valence-electron chi connectivity index (χ4n) is 2.57. The monoisotopic (exact) mass is 290 g/mol. The van der Waals surface area contributed by atoms with Crippen molar-refractivity contribution in [2.24, 2.45) is 5.92 Å². The number of rotatable bonds is 5. The standard InChI is InChI=1S/C16H22N2O3/c1-11(9-14(19)12-5-3-2-4-6-12)18-16(21)13-7-8-17-15(20)10-13/h2-6,11,13-14,19H,7-10H2,1H3,(H,17,20)(H,18,21). The van der Waals surface area contributed by atoms with E-state index in [-0.39, 0.29) is 30.2 Å². The Balaban J connectivity index is 1.82. The van der Waals surface area contributed by atoms with Crippen LogP contribution in [0.4, 0.5) is 0 Å². The average Bonchev–Trinajstić information content (AvgIpc) is 2.48. The predicted octanol–water partition coefficient (Wildman–Crippen LogP) is 1.14. The van der Waals surface area contributed by atoms with Crippen molar-refractivity contribution in [1.82, 2.24) is 10.6 Å². The molecule has 1 heterocycles. The molecule has 114 valence electrons. The van der Waals surface area contributed by atoms with E-state index in [1.807, 2.05) is 37.3 Å². The molecular weight excluding hydrogens is 268 g/mol. The molecule has 1 aromatic carbocycles. The van der Waals surface area contributed by atoms with Gasteiger partial charge in [0.15, 0.2) is 0 Å². The minimum Gasteiger partial charge on any atom is -0.388 e. The van der Waals surface area contributed by atoms with Crippen molar-refractivity contribution in [2.45, 2.75) is 38.3 Å². The number of carbonyl (C=O) groups is 2. The normalized spacial score (nSPS) is 21.2. The number of hydrogen-bond donors (Lipinski definition) is 3. The van der Waals surface area contributed by atoms with Gasteiger partial charge in [-0.05, 0) is 25.3 Å². The Morgan fingerprint density at radius 1 is 1.43 bits per heavy atom. The van der Waals surface area contributed by atoms with E-state index in [1.165, 1.54) is 0 Å². The summed E-state index contributed by atoms with van der Waals surface area (Å²) < 4.78 is 0. The summed E-state index contributed by atoms with van der Waals surface area (Å²) in [5.74, 6) is -0.425. The van der Waals surface area contributed by atoms with Gasteiger partial charge < -0.3 is 15.7 Å². The van der Waals surface area contributed by atoms with Crippen LogP contribution in [0, 0.1) is 5.92 Å². The Kier molecular flexibility index (Phi) is 5.33. The van der Waals surface area contributed by atoms with Gasteiger partial charge in [-0.1, -0.05) is 30.3 Å². The maximum Gasteiger partial charge on any atom is 0.223 e. The summed E-state index contributed by atoms with van der Waals surface area (Å²) in [7, 11) is 0. The van der Waals surface area contributed by atoms with E-state index in [9.17, 15) is 14.7 Å². The Morgan fingerprint density at radius 2 is 2.14 bits per heavy atom. The molecule has 0 aromatic heterocycles. The third kappa shape index (κ3) is 4.56. The first kappa shape index (κ1) is 15.5. The van der Waals surface area contributed by atoms with Crippen LogP contribution in [-0.2, 0) is 9.59 Å². The van der Waals surface area contributed by atoms with Gasteiger partial charge in [-0.2, -0.15) is 0 Å². The van der Waals surface area contributed by atoms with E-state index >= 15 is 0 Å². The molecule has 0 spiro atoms. The second-order valence-electron chi connectivity index (χ2n) is 5.61. The Morgan fingerprint density at radius 3 is 2.81 bits per heavy atom. The number of aliphatic hydroxyl groups excluding tert-OH is 1. The SMILES string of the molecule is CC(CC(O)c1ccccc1)NC(=O)C1CCNC(=O)C1. The summed E-state index contributed by atoms with van der Waals surface area (Å²) in [5, 5.41) is 15.7. The molecule has 0 saturated carbocycles. The quantitative estimate of drug-likeness (QED) is 0.761. The highest BCUT2D eigenvalue weighted by atomic mass is 16.3. The zero-order chi connectivity index (χ0) is 15.2. The van der Waals surface area contributed by atoms with E-state index in [0.29, 0.717) is 19.4 Å². The lowest BCUT2D eigenvalue weighted by atomic mass is 9.95. The van der Waals surface area contributed by atoms with Gasteiger partial charge >= 0.3 is 0 Å². The fourth-order valence-corrected chi connectivity index (χ4v) is 2.57. The Hall–Kier alpha value is -1.88. The molecule has 2 rings (SSSR count). The molecule has 3 N–H and O–H groups in total. The van der Waals surface area contributed by atoms with Gasteiger partial charge in [-0.3, -0.25) is 9.59 Å². The van der Waals surface area contributed by atoms with Crippen molar-refractivity contribution >= 4 is 11.8 Å². The molecule has 0 radical (unpaired) electrons. The first-order chi connectivity index (χ1) is 10.1. The molecule has 0 aliphatic carbocycles. The largest absolute Gasteiger partial charge is 0.388 e. The highest BCUT2D eigenvalue weighted by molar-refractivity contribution is 5.86. The highest BCUT2D eigenvalue weighted by Crippen LogP contribution is 2.19. The summed E-state index contributed by atoms with van der Waals surface area (Å²) in [6.07, 6.45) is 0.774. The molecule has 3 unspecified atom stereocenters. The van der Waals surface area contributed by atoms with Crippen molar-refractivity contribution in [3.63, 3.8) is 0 Å². The summed E-state index contributed by atoms with van der Waals surface area (Å²) in [6.45, 7) is 2.42. The minimum absolute atomic E-state index is 0.0710. The van der Waals surface area contributed by atoms with E-state index < -0.39 is 6.10 Å². The lowest BCUT2D eigenvalue weighted by Crippen LogP contribution is -2.44. The number of hydrogen-bond acceptors (Lipinski definition) is 3. The summed E-state index contributed by atoms with van der Waals surface area (Å²) in [4.78, 5) is 23.4. The number of nitrogens with one attached hydrogen (secondary N) is 2. The van der Waals surface area contributed by atoms with Gasteiger partial charge in [-0.15, -0.1) is 0 Å². The van der Waals surface area contributed by atoms with Gasteiger partial charge in [0.05, 0.1) is 6.10 Å². The molecule has 1 saturated heterocycles. The Labute approximate surface area is 124 Å². The van der Waals surface area contributed by atoms with Crippen molar-refractivity contribution < 1.29 is 14.7 Å². The van der Waals surface area contributed by atoms with Crippen LogP contribution in [0.1, 0.15) is 37.9 Å². The topological polar surface area (TPSA) is 78.4 Å². The molecular formula is C16H22N2O3. The van der Waals surface area contributed by atoms with Crippen LogP contribution >= 0.6 is 0 Å². The van der Waals surface area contributed by atoms with Crippen LogP contribution in [-0.4, -0.2) is 29.5 Å². The molecule has 21 heavy (non-hydrogen) atoms. The lowest BCUT2D eigenvalue weighted by Gasteiger charge is -2.24. The first-order valence-corrected chi connectivity index (χ1v) is 7.36. The molecule has 0 bridgehead atoms. The van der Waals surface area contributed by atoms with Gasteiger partial charge in [0.2, 0.25) is 11.8 Å². The predicted molar refractivity (Wildman–Crippen MR) is 79.4 cm³/mol. The van der Waals surface area contributed by atoms with E-state index in [4.69, 9.17) is 0 Å². The summed E-state index contributed by atoms with van der Waals surface area (Å²) >= 11 is 0. The first-order valence-electron chi connectivity index (χ1n) is 7.36. The fraction of sp³-hybridized carbons (Fsp3) is 0.500. The van der Waals surface area contributed by atoms with Crippen LogP contribution < -0.4 is 10.6 Å². The molecule has 1 fully saturated rings. The number of amides is 2. The third-order valence-electron chi connectivity index (χ3n) is 3.77. The van der Waals surface area contributed by atoms with Gasteiger partial charge in [0.1, 0.15) is 0 Å². The van der Waals surface area contributed by atoms with Gasteiger partial charge in [0.25, 0.3) is 0 Å². The van der Waals surface area contributed by atoms with Crippen molar-refractivity contribution in [3.8, 4) is 0 Å². The van der Waals surface area contributed by atoms with Crippen LogP contribution in [0.15, 0.2) is 30.3 Å². The van der Waals surface area contributed by atoms with E-state index in [0.717, 1.165) is 5.56 Å². The van der Waals surface area contributed by atoms with Crippen molar-refractivity contribution in [3.05, 3.63) is 35.9 Å². The average molecular weight is 290 g/mol. The maximum atomic E-state index is 12.1. The number of benzene rings is 1. The number of piperidine rings is 1. The molecule has 5 nitrogen and oxygen atoms in total. The molecule has 1 aliphatic rings. The minimum atomic E-state index is -0.601. The summed E-state index contributed by atoms with van der Waals surface area (Å²) in [6, 6.07) is 9.24. The maximum absolute atomic E-state index is 12.1. The van der Waals surface area contributed by atoms with Crippen molar-refractivity contribution in [1.29, 1.82) is 0 Å². The summed E-state index contributed by atoms with van der Waals surface area (Å²) in [5.41, 5.74) is 0.843.